The highest BCUT2D eigenvalue weighted by Crippen LogP contribution is 2.47. The van der Waals surface area contributed by atoms with E-state index in [-0.39, 0.29) is 11.5 Å². The molecule has 10 atom stereocenters. The van der Waals surface area contributed by atoms with Crippen LogP contribution in [0.1, 0.15) is 27.0 Å². The first kappa shape index (κ1) is 32.3. The van der Waals surface area contributed by atoms with Gasteiger partial charge in [0, 0.05) is 16.7 Å². The van der Waals surface area contributed by atoms with Crippen LogP contribution in [-0.2, 0) is 19.8 Å². The number of cyclic esters (lactones) is 1. The largest absolute Gasteiger partial charge is 0.462 e. The summed E-state index contributed by atoms with van der Waals surface area (Å²) in [6, 6.07) is 19.7. The van der Waals surface area contributed by atoms with Gasteiger partial charge in [-0.15, -0.1) is 0 Å². The van der Waals surface area contributed by atoms with E-state index in [1.165, 1.54) is 0 Å². The van der Waals surface area contributed by atoms with Crippen molar-refractivity contribution in [3.8, 4) is 11.5 Å². The predicted molar refractivity (Wildman–Crippen MR) is 153 cm³/mol. The molecule has 3 aromatic rings. The first-order valence-corrected chi connectivity index (χ1v) is 14.6. The van der Waals surface area contributed by atoms with E-state index >= 15 is 0 Å². The van der Waals surface area contributed by atoms with E-state index in [9.17, 15) is 45.6 Å². The number of rotatable bonds is 8. The monoisotopic (exact) mass is 642 g/mol. The highest BCUT2D eigenvalue weighted by molar-refractivity contribution is 5.96. The molecule has 46 heavy (non-hydrogen) atoms. The van der Waals surface area contributed by atoms with Gasteiger partial charge in [0.2, 0.25) is 12.6 Å². The van der Waals surface area contributed by atoms with Crippen molar-refractivity contribution in [3.63, 3.8) is 0 Å². The van der Waals surface area contributed by atoms with E-state index in [4.69, 9.17) is 23.7 Å². The quantitative estimate of drug-likeness (QED) is 0.131. The van der Waals surface area contributed by atoms with Gasteiger partial charge in [0.1, 0.15) is 60.3 Å². The maximum Gasteiger partial charge on any atom is 0.340 e. The topological polar surface area (TPSA) is 225 Å². The van der Waals surface area contributed by atoms with E-state index in [1.807, 2.05) is 0 Å². The molecule has 3 heterocycles. The summed E-state index contributed by atoms with van der Waals surface area (Å²) >= 11 is 0. The van der Waals surface area contributed by atoms with Gasteiger partial charge in [-0.1, -0.05) is 42.5 Å². The molecule has 0 aromatic heterocycles. The maximum absolute atomic E-state index is 13.1. The van der Waals surface area contributed by atoms with Crippen molar-refractivity contribution in [1.29, 1.82) is 0 Å². The van der Waals surface area contributed by atoms with Crippen LogP contribution in [0.4, 0.5) is 0 Å². The van der Waals surface area contributed by atoms with Crippen LogP contribution in [0, 0.1) is 0 Å². The average molecular weight is 643 g/mol. The summed E-state index contributed by atoms with van der Waals surface area (Å²) in [5.74, 6) is -0.132. The number of hydrogen-bond acceptors (Lipinski definition) is 14. The Labute approximate surface area is 262 Å². The van der Waals surface area contributed by atoms with E-state index in [0.29, 0.717) is 22.3 Å². The van der Waals surface area contributed by atoms with Gasteiger partial charge in [0.15, 0.2) is 5.60 Å². The lowest BCUT2D eigenvalue weighted by Crippen LogP contribution is -2.60. The minimum absolute atomic E-state index is 0.212. The van der Waals surface area contributed by atoms with Gasteiger partial charge in [-0.3, -0.25) is 0 Å². The second kappa shape index (κ2) is 12.8. The summed E-state index contributed by atoms with van der Waals surface area (Å²) in [6.07, 6.45) is -14.6. The van der Waals surface area contributed by atoms with Crippen molar-refractivity contribution in [2.75, 3.05) is 13.2 Å². The fourth-order valence-corrected chi connectivity index (χ4v) is 5.95. The number of benzene rings is 3. The lowest BCUT2D eigenvalue weighted by atomic mass is 9.80. The normalized spacial score (nSPS) is 33.6. The van der Waals surface area contributed by atoms with Crippen molar-refractivity contribution in [1.82, 2.24) is 0 Å². The first-order valence-electron chi connectivity index (χ1n) is 14.6. The Morgan fingerprint density at radius 3 is 1.46 bits per heavy atom. The summed E-state index contributed by atoms with van der Waals surface area (Å²) in [4.78, 5) is 13.1. The van der Waals surface area contributed by atoms with Gasteiger partial charge >= 0.3 is 5.97 Å². The smallest absolute Gasteiger partial charge is 0.340 e. The number of aliphatic hydroxyl groups excluding tert-OH is 8. The van der Waals surface area contributed by atoms with Crippen LogP contribution in [-0.4, -0.2) is 121 Å². The Balaban J connectivity index is 1.29. The third-order valence-corrected chi connectivity index (χ3v) is 8.50. The van der Waals surface area contributed by atoms with Crippen LogP contribution in [0.15, 0.2) is 72.8 Å². The minimum Gasteiger partial charge on any atom is -0.462 e. The van der Waals surface area contributed by atoms with Gasteiger partial charge < -0.3 is 64.5 Å². The Morgan fingerprint density at radius 2 is 1.02 bits per heavy atom. The molecule has 6 rings (SSSR count). The molecule has 2 saturated heterocycles. The Hall–Kier alpha value is -3.67. The molecule has 3 aromatic carbocycles. The fourth-order valence-electron chi connectivity index (χ4n) is 5.95. The van der Waals surface area contributed by atoms with Crippen molar-refractivity contribution >= 4 is 5.97 Å². The highest BCUT2D eigenvalue weighted by Gasteiger charge is 2.49. The molecular weight excluding hydrogens is 608 g/mol. The molecule has 0 radical (unpaired) electrons. The minimum atomic E-state index is -1.61. The van der Waals surface area contributed by atoms with Crippen LogP contribution in [0.3, 0.4) is 0 Å². The number of hydrogen-bond donors (Lipinski definition) is 8. The number of aliphatic hydroxyl groups is 8. The van der Waals surface area contributed by atoms with Gasteiger partial charge in [0.05, 0.1) is 18.8 Å². The molecule has 3 aliphatic heterocycles. The molecule has 0 aliphatic carbocycles. The molecule has 14 nitrogen and oxygen atoms in total. The molecule has 0 spiro atoms. The van der Waals surface area contributed by atoms with E-state index in [1.54, 1.807) is 72.8 Å². The zero-order valence-corrected chi connectivity index (χ0v) is 24.1. The molecule has 0 saturated carbocycles. The molecule has 14 heteroatoms. The van der Waals surface area contributed by atoms with Crippen molar-refractivity contribution < 1.29 is 69.3 Å². The lowest BCUT2D eigenvalue weighted by Gasteiger charge is -2.39. The number of esters is 1. The summed E-state index contributed by atoms with van der Waals surface area (Å²) < 4.78 is 28.4. The second-order valence-corrected chi connectivity index (χ2v) is 11.3. The van der Waals surface area contributed by atoms with Gasteiger partial charge in [0.25, 0.3) is 0 Å². The molecule has 2 fully saturated rings. The Morgan fingerprint density at radius 1 is 0.587 bits per heavy atom. The number of fused-ring (bicyclic) bond motifs is 1. The van der Waals surface area contributed by atoms with Crippen LogP contribution >= 0.6 is 0 Å². The molecular formula is C32H34O14. The number of carbonyl (C=O) groups excluding carboxylic acids is 1. The van der Waals surface area contributed by atoms with E-state index in [2.05, 4.69) is 0 Å². The van der Waals surface area contributed by atoms with Crippen molar-refractivity contribution in [2.24, 2.45) is 0 Å². The van der Waals surface area contributed by atoms with Crippen LogP contribution in [0.2, 0.25) is 0 Å². The molecule has 246 valence electrons. The molecule has 0 unspecified atom stereocenters. The lowest BCUT2D eigenvalue weighted by molar-refractivity contribution is -0.277. The van der Waals surface area contributed by atoms with Gasteiger partial charge in [-0.2, -0.15) is 0 Å². The Kier molecular flexibility index (Phi) is 9.02. The molecule has 8 N–H and O–H groups in total. The van der Waals surface area contributed by atoms with E-state index < -0.39 is 86.2 Å². The first-order chi connectivity index (χ1) is 22.1. The highest BCUT2D eigenvalue weighted by atomic mass is 16.7. The number of ether oxygens (including phenoxy) is 5. The van der Waals surface area contributed by atoms with Crippen LogP contribution in [0.5, 0.6) is 11.5 Å². The standard InChI is InChI=1S/C32H34O14/c33-13-21-23(35)25(37)27(39)30(44-21)42-17-9-5-15(6-10-17)32(20-4-2-1-3-19(20)29(41)46-32)16-7-11-18(12-8-16)43-31-28(40)26(38)24(36)22(14-34)45-31/h1-12,21-28,30-31,33-40H,13-14H2/t21-,22-,23-,24-,25+,26+,27-,28-,30-,31-/m1/s1. The third kappa shape index (κ3) is 5.52. The van der Waals surface area contributed by atoms with E-state index in [0.717, 1.165) is 0 Å². The van der Waals surface area contributed by atoms with Crippen LogP contribution in [0.25, 0.3) is 0 Å². The van der Waals surface area contributed by atoms with Gasteiger partial charge in [-0.05, 0) is 30.3 Å². The number of carbonyl (C=O) groups is 1. The van der Waals surface area contributed by atoms with Crippen molar-refractivity contribution in [2.45, 2.75) is 67.0 Å². The fraction of sp³-hybridized carbons (Fsp3) is 0.406. The molecule has 0 bridgehead atoms. The molecule has 3 aliphatic rings. The zero-order valence-electron chi connectivity index (χ0n) is 24.1. The second-order valence-electron chi connectivity index (χ2n) is 11.3. The SMILES string of the molecule is O=C1OC(c2ccc(O[C@@H]3O[C@H](CO)[C@@H](O)[C@H](O)[C@H]3O)cc2)(c2ccc(O[C@@H]3O[C@H](CO)[C@@H](O)[C@H](O)[C@H]3O)cc2)c2ccccc21. The summed E-state index contributed by atoms with van der Waals surface area (Å²) in [5.41, 5.74) is 0.539. The third-order valence-electron chi connectivity index (χ3n) is 8.50. The van der Waals surface area contributed by atoms with Crippen molar-refractivity contribution in [3.05, 3.63) is 95.1 Å². The predicted octanol–water partition coefficient (Wildman–Crippen LogP) is -1.49. The summed E-state index contributed by atoms with van der Waals surface area (Å²) in [5, 5.41) is 80.0. The van der Waals surface area contributed by atoms with Gasteiger partial charge in [-0.25, -0.2) is 4.79 Å². The zero-order chi connectivity index (χ0) is 32.7. The summed E-state index contributed by atoms with van der Waals surface area (Å²) in [7, 11) is 0. The Bertz CT molecular complexity index is 1430. The average Bonchev–Trinajstić information content (AvgIpc) is 3.38. The molecule has 0 amide bonds. The maximum atomic E-state index is 13.1. The van der Waals surface area contributed by atoms with Crippen LogP contribution < -0.4 is 9.47 Å². The summed E-state index contributed by atoms with van der Waals surface area (Å²) in [6.45, 7) is -1.22.